The maximum Gasteiger partial charge on any atom is 0.241 e. The van der Waals surface area contributed by atoms with E-state index in [0.29, 0.717) is 0 Å². The minimum absolute atomic E-state index is 0.0774. The molecule has 0 fully saturated rings. The molecule has 3 heteroatoms. The van der Waals surface area contributed by atoms with Crippen molar-refractivity contribution in [3.05, 3.63) is 29.8 Å². The first-order valence-electron chi connectivity index (χ1n) is 3.40. The molecular formula is C8H9BNO. The van der Waals surface area contributed by atoms with Gasteiger partial charge >= 0.3 is 0 Å². The van der Waals surface area contributed by atoms with E-state index < -0.39 is 0 Å². The van der Waals surface area contributed by atoms with Gasteiger partial charge in [-0.1, -0.05) is 29.7 Å². The maximum absolute atomic E-state index is 10.8. The molecule has 2 nitrogen and oxygen atoms in total. The van der Waals surface area contributed by atoms with Crippen LogP contribution in [0.2, 0.25) is 0 Å². The highest BCUT2D eigenvalue weighted by molar-refractivity contribution is 6.49. The third-order valence-corrected chi connectivity index (χ3v) is 1.51. The average molecular weight is 146 g/mol. The lowest BCUT2D eigenvalue weighted by Gasteiger charge is -1.96. The zero-order valence-corrected chi connectivity index (χ0v) is 6.37. The first-order valence-corrected chi connectivity index (χ1v) is 3.40. The summed E-state index contributed by atoms with van der Waals surface area (Å²) in [6, 6.07) is 7.16. The molecule has 0 aliphatic heterocycles. The molecule has 0 saturated carbocycles. The van der Waals surface area contributed by atoms with E-state index in [2.05, 4.69) is 0 Å². The van der Waals surface area contributed by atoms with Gasteiger partial charge in [0.2, 0.25) is 7.41 Å². The lowest BCUT2D eigenvalue weighted by Crippen LogP contribution is -2.22. The van der Waals surface area contributed by atoms with E-state index in [4.69, 9.17) is 5.64 Å². The van der Waals surface area contributed by atoms with Gasteiger partial charge in [0.05, 0.1) is 0 Å². The van der Waals surface area contributed by atoms with Crippen LogP contribution in [-0.4, -0.2) is 13.2 Å². The molecule has 0 aliphatic rings. The largest absolute Gasteiger partial charge is 0.370 e. The smallest absolute Gasteiger partial charge is 0.241 e. The van der Waals surface area contributed by atoms with Gasteiger partial charge in [-0.3, -0.25) is 4.79 Å². The van der Waals surface area contributed by atoms with Crippen LogP contribution in [-0.2, 0) is 0 Å². The van der Waals surface area contributed by atoms with Crippen molar-refractivity contribution in [3.8, 4) is 0 Å². The first-order chi connectivity index (χ1) is 5.24. The standard InChI is InChI=1S/C8H9BNO/c1-6(11)7-2-4-8(9-10)5-3-7/h2-5H,10H2,1H3. The van der Waals surface area contributed by atoms with Crippen molar-refractivity contribution in [2.24, 2.45) is 5.64 Å². The van der Waals surface area contributed by atoms with E-state index >= 15 is 0 Å². The molecular weight excluding hydrogens is 137 g/mol. The summed E-state index contributed by atoms with van der Waals surface area (Å²) in [5.74, 6) is 0.0774. The molecule has 0 spiro atoms. The van der Waals surface area contributed by atoms with Crippen LogP contribution in [0.25, 0.3) is 0 Å². The molecule has 1 aromatic rings. The number of hydrogen-bond donors (Lipinski definition) is 1. The summed E-state index contributed by atoms with van der Waals surface area (Å²) in [5.41, 5.74) is 6.91. The Morgan fingerprint density at radius 2 is 1.91 bits per heavy atom. The summed E-state index contributed by atoms with van der Waals surface area (Å²) in [6.45, 7) is 1.54. The summed E-state index contributed by atoms with van der Waals surface area (Å²) in [5, 5.41) is 0. The molecule has 1 radical (unpaired) electrons. The van der Waals surface area contributed by atoms with Gasteiger partial charge in [0, 0.05) is 5.56 Å². The normalized spacial score (nSPS) is 9.27. The van der Waals surface area contributed by atoms with Gasteiger partial charge in [-0.15, -0.1) is 0 Å². The highest BCUT2D eigenvalue weighted by atomic mass is 16.1. The van der Waals surface area contributed by atoms with Gasteiger partial charge in [-0.05, 0) is 6.92 Å². The first kappa shape index (κ1) is 8.02. The van der Waals surface area contributed by atoms with E-state index in [0.717, 1.165) is 11.0 Å². The molecule has 0 aromatic heterocycles. The van der Waals surface area contributed by atoms with Crippen molar-refractivity contribution < 1.29 is 4.79 Å². The van der Waals surface area contributed by atoms with Gasteiger partial charge in [0.25, 0.3) is 0 Å². The molecule has 0 aliphatic carbocycles. The molecule has 0 atom stereocenters. The van der Waals surface area contributed by atoms with E-state index in [1.807, 2.05) is 12.1 Å². The fourth-order valence-corrected chi connectivity index (χ4v) is 0.829. The summed E-state index contributed by atoms with van der Waals surface area (Å²) in [4.78, 5) is 10.8. The average Bonchev–Trinajstić information content (AvgIpc) is 2.05. The van der Waals surface area contributed by atoms with Crippen LogP contribution >= 0.6 is 0 Å². The van der Waals surface area contributed by atoms with E-state index in [1.165, 1.54) is 7.41 Å². The monoisotopic (exact) mass is 146 g/mol. The topological polar surface area (TPSA) is 43.1 Å². The highest BCUT2D eigenvalue weighted by Crippen LogP contribution is 1.96. The zero-order valence-electron chi connectivity index (χ0n) is 6.37. The van der Waals surface area contributed by atoms with Crippen LogP contribution in [0.4, 0.5) is 0 Å². The molecule has 0 amide bonds. The van der Waals surface area contributed by atoms with Gasteiger partial charge in [0.15, 0.2) is 5.78 Å². The van der Waals surface area contributed by atoms with Crippen molar-refractivity contribution in [1.82, 2.24) is 0 Å². The molecule has 0 heterocycles. The van der Waals surface area contributed by atoms with Gasteiger partial charge in [0.1, 0.15) is 0 Å². The number of hydrogen-bond acceptors (Lipinski definition) is 2. The summed E-state index contributed by atoms with van der Waals surface area (Å²) in [6.07, 6.45) is 0. The van der Waals surface area contributed by atoms with Crippen LogP contribution in [0.15, 0.2) is 24.3 Å². The predicted molar refractivity (Wildman–Crippen MR) is 46.0 cm³/mol. The summed E-state index contributed by atoms with van der Waals surface area (Å²) in [7, 11) is 1.50. The highest BCUT2D eigenvalue weighted by Gasteiger charge is 1.97. The molecule has 0 saturated heterocycles. The Morgan fingerprint density at radius 3 is 2.27 bits per heavy atom. The Morgan fingerprint density at radius 1 is 1.36 bits per heavy atom. The zero-order chi connectivity index (χ0) is 8.27. The second-order valence-electron chi connectivity index (χ2n) is 2.34. The predicted octanol–water partition coefficient (Wildman–Crippen LogP) is 0.0924. The minimum atomic E-state index is 0.0774. The number of carbonyl (C=O) groups is 1. The fourth-order valence-electron chi connectivity index (χ4n) is 0.829. The lowest BCUT2D eigenvalue weighted by atomic mass is 9.84. The van der Waals surface area contributed by atoms with Crippen LogP contribution < -0.4 is 11.1 Å². The number of rotatable bonds is 2. The van der Waals surface area contributed by atoms with Crippen molar-refractivity contribution in [3.63, 3.8) is 0 Å². The maximum atomic E-state index is 10.8. The van der Waals surface area contributed by atoms with Crippen molar-refractivity contribution >= 4 is 18.7 Å². The molecule has 55 valence electrons. The Labute approximate surface area is 66.7 Å². The molecule has 1 aromatic carbocycles. The second kappa shape index (κ2) is 3.35. The number of benzene rings is 1. The Hall–Kier alpha value is -1.09. The summed E-state index contributed by atoms with van der Waals surface area (Å²) >= 11 is 0. The van der Waals surface area contributed by atoms with Gasteiger partial charge in [-0.25, -0.2) is 0 Å². The molecule has 1 rings (SSSR count). The van der Waals surface area contributed by atoms with E-state index in [1.54, 1.807) is 19.1 Å². The quantitative estimate of drug-likeness (QED) is 0.474. The Kier molecular flexibility index (Phi) is 2.44. The number of ketones is 1. The van der Waals surface area contributed by atoms with E-state index in [-0.39, 0.29) is 5.78 Å². The molecule has 0 bridgehead atoms. The number of carbonyl (C=O) groups excluding carboxylic acids is 1. The second-order valence-corrected chi connectivity index (χ2v) is 2.34. The van der Waals surface area contributed by atoms with Crippen molar-refractivity contribution in [2.75, 3.05) is 0 Å². The van der Waals surface area contributed by atoms with Crippen LogP contribution in [0, 0.1) is 0 Å². The van der Waals surface area contributed by atoms with Crippen molar-refractivity contribution in [2.45, 2.75) is 6.92 Å². The minimum Gasteiger partial charge on any atom is -0.370 e. The third-order valence-electron chi connectivity index (χ3n) is 1.51. The molecule has 11 heavy (non-hydrogen) atoms. The molecule has 2 N–H and O–H groups in total. The SMILES string of the molecule is CC(=O)c1ccc([B]N)cc1. The van der Waals surface area contributed by atoms with Crippen LogP contribution in [0.1, 0.15) is 17.3 Å². The third kappa shape index (κ3) is 1.92. The summed E-state index contributed by atoms with van der Waals surface area (Å²) < 4.78 is 0. The van der Waals surface area contributed by atoms with Crippen LogP contribution in [0.5, 0.6) is 0 Å². The molecule has 0 unspecified atom stereocenters. The lowest BCUT2D eigenvalue weighted by molar-refractivity contribution is 0.101. The fraction of sp³-hybridized carbons (Fsp3) is 0.125. The van der Waals surface area contributed by atoms with Gasteiger partial charge in [-0.2, -0.15) is 0 Å². The van der Waals surface area contributed by atoms with E-state index in [9.17, 15) is 4.79 Å². The van der Waals surface area contributed by atoms with Gasteiger partial charge < -0.3 is 5.64 Å². The van der Waals surface area contributed by atoms with Crippen LogP contribution in [0.3, 0.4) is 0 Å². The Balaban J connectivity index is 2.91. The number of nitrogens with two attached hydrogens (primary N) is 1. The number of Topliss-reactive ketones (excluding diaryl/α,β-unsaturated/α-hetero) is 1. The Bertz CT molecular complexity index is 255. The van der Waals surface area contributed by atoms with Crippen molar-refractivity contribution in [1.29, 1.82) is 0 Å².